The molecule has 2 aromatic rings. The molecule has 0 fully saturated rings. The summed E-state index contributed by atoms with van der Waals surface area (Å²) in [6.07, 6.45) is 0. The molecule has 0 aliphatic rings. The zero-order chi connectivity index (χ0) is 13.8. The van der Waals surface area contributed by atoms with Crippen molar-refractivity contribution in [2.75, 3.05) is 0 Å². The third-order valence-electron chi connectivity index (χ3n) is 2.95. The molecule has 0 atom stereocenters. The van der Waals surface area contributed by atoms with Crippen molar-refractivity contribution in [1.82, 2.24) is 0 Å². The van der Waals surface area contributed by atoms with Crippen LogP contribution >= 0.6 is 0 Å². The Labute approximate surface area is 113 Å². The van der Waals surface area contributed by atoms with Crippen molar-refractivity contribution in [2.24, 2.45) is 0 Å². The van der Waals surface area contributed by atoms with Crippen molar-refractivity contribution in [1.29, 1.82) is 0 Å². The molecule has 3 nitrogen and oxygen atoms in total. The quantitative estimate of drug-likeness (QED) is 0.816. The van der Waals surface area contributed by atoms with E-state index in [1.165, 1.54) is 0 Å². The first-order chi connectivity index (χ1) is 9.08. The highest BCUT2D eigenvalue weighted by Gasteiger charge is 2.19. The van der Waals surface area contributed by atoms with E-state index in [1.54, 1.807) is 6.07 Å². The maximum absolute atomic E-state index is 9.43. The van der Waals surface area contributed by atoms with E-state index < -0.39 is 7.12 Å². The minimum atomic E-state index is -1.52. The van der Waals surface area contributed by atoms with E-state index in [9.17, 15) is 10.0 Å². The maximum atomic E-state index is 9.43. The van der Waals surface area contributed by atoms with E-state index in [2.05, 4.69) is 0 Å². The summed E-state index contributed by atoms with van der Waals surface area (Å²) in [5.74, 6) is 0.546. The molecule has 0 unspecified atom stereocenters. The lowest BCUT2D eigenvalue weighted by atomic mass is 9.78. The lowest BCUT2D eigenvalue weighted by Gasteiger charge is -2.15. The average molecular weight is 256 g/mol. The van der Waals surface area contributed by atoms with E-state index in [1.807, 2.05) is 50.2 Å². The van der Waals surface area contributed by atoms with Gasteiger partial charge in [0.2, 0.25) is 0 Å². The van der Waals surface area contributed by atoms with Crippen LogP contribution in [0, 0.1) is 13.8 Å². The van der Waals surface area contributed by atoms with Crippen molar-refractivity contribution in [3.05, 3.63) is 59.2 Å². The molecule has 4 heteroatoms. The lowest BCUT2D eigenvalue weighted by Crippen LogP contribution is -2.32. The number of ether oxygens (including phenoxy) is 1. The summed E-state index contributed by atoms with van der Waals surface area (Å²) in [5, 5.41) is 18.9. The molecule has 2 aromatic carbocycles. The SMILES string of the molecule is Cc1cc(C)c(OCc2ccccc2)c(B(O)O)c1. The normalized spacial score (nSPS) is 10.3. The zero-order valence-corrected chi connectivity index (χ0v) is 11.1. The summed E-state index contributed by atoms with van der Waals surface area (Å²) in [6, 6.07) is 13.5. The molecular weight excluding hydrogens is 239 g/mol. The highest BCUT2D eigenvalue weighted by atomic mass is 16.5. The van der Waals surface area contributed by atoms with E-state index in [0.29, 0.717) is 17.8 Å². The monoisotopic (exact) mass is 256 g/mol. The molecule has 0 radical (unpaired) electrons. The number of aryl methyl sites for hydroxylation is 2. The minimum Gasteiger partial charge on any atom is -0.489 e. The highest BCUT2D eigenvalue weighted by molar-refractivity contribution is 6.59. The Hall–Kier alpha value is -1.78. The van der Waals surface area contributed by atoms with Crippen LogP contribution in [0.4, 0.5) is 0 Å². The molecule has 0 amide bonds. The highest BCUT2D eigenvalue weighted by Crippen LogP contribution is 2.18. The fourth-order valence-electron chi connectivity index (χ4n) is 2.11. The second-order valence-corrected chi connectivity index (χ2v) is 4.65. The van der Waals surface area contributed by atoms with Gasteiger partial charge in [-0.1, -0.05) is 48.0 Å². The van der Waals surface area contributed by atoms with Gasteiger partial charge in [0.1, 0.15) is 12.4 Å². The summed E-state index contributed by atoms with van der Waals surface area (Å²) in [5.41, 5.74) is 3.33. The molecule has 19 heavy (non-hydrogen) atoms. The van der Waals surface area contributed by atoms with E-state index in [-0.39, 0.29) is 0 Å². The van der Waals surface area contributed by atoms with Crippen LogP contribution in [0.1, 0.15) is 16.7 Å². The van der Waals surface area contributed by atoms with Gasteiger partial charge in [-0.25, -0.2) is 0 Å². The van der Waals surface area contributed by atoms with Gasteiger partial charge in [0.05, 0.1) is 0 Å². The van der Waals surface area contributed by atoms with Gasteiger partial charge in [-0.2, -0.15) is 0 Å². The molecule has 0 saturated carbocycles. The Morgan fingerprint density at radius 1 is 1.05 bits per heavy atom. The van der Waals surface area contributed by atoms with Crippen LogP contribution in [-0.2, 0) is 6.61 Å². The minimum absolute atomic E-state index is 0.407. The van der Waals surface area contributed by atoms with Crippen molar-refractivity contribution in [2.45, 2.75) is 20.5 Å². The second-order valence-electron chi connectivity index (χ2n) is 4.65. The Kier molecular flexibility index (Phi) is 4.25. The third kappa shape index (κ3) is 3.37. The first-order valence-corrected chi connectivity index (χ1v) is 6.22. The van der Waals surface area contributed by atoms with Crippen LogP contribution in [0.2, 0.25) is 0 Å². The Bertz CT molecular complexity index is 553. The third-order valence-corrected chi connectivity index (χ3v) is 2.95. The molecule has 98 valence electrons. The van der Waals surface area contributed by atoms with Crippen LogP contribution in [0.3, 0.4) is 0 Å². The summed E-state index contributed by atoms with van der Waals surface area (Å²) >= 11 is 0. The molecule has 0 aromatic heterocycles. The largest absolute Gasteiger partial charge is 0.492 e. The number of hydrogen-bond acceptors (Lipinski definition) is 3. The standard InChI is InChI=1S/C15H17BO3/c1-11-8-12(2)15(14(9-11)16(17)18)19-10-13-6-4-3-5-7-13/h3-9,17-18H,10H2,1-2H3. The predicted molar refractivity (Wildman–Crippen MR) is 76.5 cm³/mol. The molecule has 0 aliphatic heterocycles. The van der Waals surface area contributed by atoms with Crippen LogP contribution in [0.15, 0.2) is 42.5 Å². The van der Waals surface area contributed by atoms with Gasteiger partial charge in [-0.15, -0.1) is 0 Å². The topological polar surface area (TPSA) is 49.7 Å². The molecular formula is C15H17BO3. The van der Waals surface area contributed by atoms with Crippen molar-refractivity contribution < 1.29 is 14.8 Å². The summed E-state index contributed by atoms with van der Waals surface area (Å²) in [6.45, 7) is 4.23. The molecule has 0 heterocycles. The van der Waals surface area contributed by atoms with Gasteiger partial charge < -0.3 is 14.8 Å². The lowest BCUT2D eigenvalue weighted by molar-refractivity contribution is 0.304. The van der Waals surface area contributed by atoms with Gasteiger partial charge in [0, 0.05) is 5.46 Å². The van der Waals surface area contributed by atoms with Crippen molar-refractivity contribution in [3.63, 3.8) is 0 Å². The van der Waals surface area contributed by atoms with Gasteiger partial charge >= 0.3 is 7.12 Å². The molecule has 0 bridgehead atoms. The number of hydrogen-bond donors (Lipinski definition) is 2. The van der Waals surface area contributed by atoms with Gasteiger partial charge in [-0.3, -0.25) is 0 Å². The average Bonchev–Trinajstić information content (AvgIpc) is 2.38. The van der Waals surface area contributed by atoms with Crippen molar-refractivity contribution in [3.8, 4) is 5.75 Å². The summed E-state index contributed by atoms with van der Waals surface area (Å²) in [7, 11) is -1.52. The van der Waals surface area contributed by atoms with Crippen LogP contribution in [-0.4, -0.2) is 17.2 Å². The Morgan fingerprint density at radius 2 is 1.74 bits per heavy atom. The smallest absolute Gasteiger partial charge is 0.489 e. The Balaban J connectivity index is 2.24. The summed E-state index contributed by atoms with van der Waals surface area (Å²) < 4.78 is 5.75. The maximum Gasteiger partial charge on any atom is 0.492 e. The van der Waals surface area contributed by atoms with E-state index in [0.717, 1.165) is 16.7 Å². The van der Waals surface area contributed by atoms with Gasteiger partial charge in [0.15, 0.2) is 0 Å². The molecule has 2 rings (SSSR count). The first-order valence-electron chi connectivity index (χ1n) is 6.22. The van der Waals surface area contributed by atoms with Gasteiger partial charge in [-0.05, 0) is 25.0 Å². The number of rotatable bonds is 4. The summed E-state index contributed by atoms with van der Waals surface area (Å²) in [4.78, 5) is 0. The fourth-order valence-corrected chi connectivity index (χ4v) is 2.11. The van der Waals surface area contributed by atoms with Gasteiger partial charge in [0.25, 0.3) is 0 Å². The molecule has 0 spiro atoms. The zero-order valence-electron chi connectivity index (χ0n) is 11.1. The fraction of sp³-hybridized carbons (Fsp3) is 0.200. The molecule has 0 saturated heterocycles. The van der Waals surface area contributed by atoms with Crippen LogP contribution in [0.25, 0.3) is 0 Å². The predicted octanol–water partition coefficient (Wildman–Crippen LogP) is 1.56. The van der Waals surface area contributed by atoms with Crippen LogP contribution < -0.4 is 10.2 Å². The van der Waals surface area contributed by atoms with E-state index >= 15 is 0 Å². The Morgan fingerprint density at radius 3 is 2.37 bits per heavy atom. The van der Waals surface area contributed by atoms with Crippen LogP contribution in [0.5, 0.6) is 5.75 Å². The molecule has 2 N–H and O–H groups in total. The van der Waals surface area contributed by atoms with E-state index in [4.69, 9.17) is 4.74 Å². The van der Waals surface area contributed by atoms with Crippen molar-refractivity contribution >= 4 is 12.6 Å². The first kappa shape index (κ1) is 13.7. The number of benzene rings is 2. The molecule has 0 aliphatic carbocycles. The second kappa shape index (κ2) is 5.91.